The average Bonchev–Trinajstić information content (AvgIpc) is 0.765. The molecule has 0 aromatic heterocycles. The molecule has 0 aromatic carbocycles. The Labute approximate surface area is 563 Å². The van der Waals surface area contributed by atoms with Gasteiger partial charge in [-0.25, -0.2) is 19.2 Å². The van der Waals surface area contributed by atoms with E-state index in [1.54, 1.807) is 27.7 Å². The number of hydrogen-bond acceptors (Lipinski definition) is 9. The third kappa shape index (κ3) is 48.0. The Morgan fingerprint density at radius 3 is 0.478 bits per heavy atom. The number of unbranched alkanes of at least 4 members (excludes halogenated alkanes) is 52. The summed E-state index contributed by atoms with van der Waals surface area (Å²) in [4.78, 5) is 59.3. The quantitative estimate of drug-likeness (QED) is 0.0192. The van der Waals surface area contributed by atoms with E-state index in [4.69, 9.17) is 18.9 Å². The van der Waals surface area contributed by atoms with Gasteiger partial charge in [0.25, 0.3) is 0 Å². The monoisotopic (exact) mass is 1290 g/mol. The van der Waals surface area contributed by atoms with Gasteiger partial charge in [0.2, 0.25) is 0 Å². The fourth-order valence-electron chi connectivity index (χ4n) is 12.8. The standard InChI is InChI=1S/C80H154O9S/c1-11-15-19-23-27-31-35-39-43-47-51-55-59-63-67-71(5)86-75(81)79(9,76(82)87-72(6)68-64-60-56-52-48-44-40-36-32-28-24-20-16-12-2)90(85)80(10,77(83)88-73(7)69-65-61-57-53-49-45-41-37-33-29-25-21-17-13-3)78(84)89-74(8)70-66-62-58-54-50-46-42-38-34-30-26-22-18-14-4/h71-74H,11-70H2,1-10H3. The van der Waals surface area contributed by atoms with E-state index >= 15 is 4.55 Å². The van der Waals surface area contributed by atoms with E-state index in [1.807, 2.05) is 0 Å². The molecule has 0 amide bonds. The van der Waals surface area contributed by atoms with Crippen LogP contribution >= 0.6 is 0 Å². The molecular weight excluding hydrogens is 1140 g/mol. The zero-order chi connectivity index (χ0) is 66.5. The van der Waals surface area contributed by atoms with Gasteiger partial charge in [-0.05, 0) is 79.1 Å². The number of carbonyl (C=O) groups excluding carboxylic acids is 4. The fourth-order valence-corrected chi connectivity index (χ4v) is 14.4. The largest absolute Gasteiger partial charge is 0.614 e. The summed E-state index contributed by atoms with van der Waals surface area (Å²) in [5.41, 5.74) is 0. The number of rotatable bonds is 70. The summed E-state index contributed by atoms with van der Waals surface area (Å²) in [6.07, 6.45) is 68.9. The fraction of sp³-hybridized carbons (Fsp3) is 0.950. The van der Waals surface area contributed by atoms with Crippen molar-refractivity contribution in [3.63, 3.8) is 0 Å². The molecule has 10 heteroatoms. The van der Waals surface area contributed by atoms with Crippen molar-refractivity contribution in [1.29, 1.82) is 0 Å². The molecule has 0 radical (unpaired) electrons. The summed E-state index contributed by atoms with van der Waals surface area (Å²) in [7, 11) is 0. The zero-order valence-electron chi connectivity index (χ0n) is 61.8. The molecule has 0 aliphatic rings. The van der Waals surface area contributed by atoms with E-state index in [0.29, 0.717) is 25.7 Å². The van der Waals surface area contributed by atoms with Crippen LogP contribution in [0, 0.1) is 0 Å². The van der Waals surface area contributed by atoms with Crippen molar-refractivity contribution in [2.24, 2.45) is 0 Å². The third-order valence-corrected chi connectivity index (χ3v) is 21.5. The molecule has 0 N–H and O–H groups in total. The topological polar surface area (TPSA) is 128 Å². The molecule has 0 spiro atoms. The van der Waals surface area contributed by atoms with Gasteiger partial charge in [0.1, 0.15) is 0 Å². The average molecular weight is 1290 g/mol. The highest BCUT2D eigenvalue weighted by molar-refractivity contribution is 7.97. The van der Waals surface area contributed by atoms with Crippen molar-refractivity contribution in [1.82, 2.24) is 0 Å². The molecule has 0 aromatic rings. The van der Waals surface area contributed by atoms with Crippen molar-refractivity contribution in [2.75, 3.05) is 0 Å². The normalized spacial score (nSPS) is 14.7. The van der Waals surface area contributed by atoms with Crippen LogP contribution in [0.2, 0.25) is 0 Å². The van der Waals surface area contributed by atoms with Gasteiger partial charge in [-0.1, -0.05) is 362 Å². The second-order valence-corrected chi connectivity index (χ2v) is 30.9. The molecule has 0 heterocycles. The van der Waals surface area contributed by atoms with Gasteiger partial charge >= 0.3 is 33.4 Å². The van der Waals surface area contributed by atoms with Gasteiger partial charge in [0, 0.05) is 25.0 Å². The molecule has 534 valence electrons. The van der Waals surface area contributed by atoms with Crippen LogP contribution in [0.15, 0.2) is 0 Å². The minimum Gasteiger partial charge on any atom is -0.614 e. The van der Waals surface area contributed by atoms with Gasteiger partial charge in [0.15, 0.2) is 0 Å². The van der Waals surface area contributed by atoms with E-state index < -0.39 is 69.0 Å². The Balaban J connectivity index is 6.13. The van der Waals surface area contributed by atoms with Crippen LogP contribution in [0.3, 0.4) is 0 Å². The van der Waals surface area contributed by atoms with E-state index in [0.717, 1.165) is 77.0 Å². The van der Waals surface area contributed by atoms with E-state index in [1.165, 1.54) is 296 Å². The Morgan fingerprint density at radius 2 is 0.356 bits per heavy atom. The molecule has 0 bridgehead atoms. The van der Waals surface area contributed by atoms with Crippen LogP contribution < -0.4 is 0 Å². The highest BCUT2D eigenvalue weighted by atomic mass is 32.2. The first kappa shape index (κ1) is 88.2. The lowest BCUT2D eigenvalue weighted by atomic mass is 10.0. The summed E-state index contributed by atoms with van der Waals surface area (Å²) >= 11 is -2.88. The first-order valence-corrected chi connectivity index (χ1v) is 41.1. The lowest BCUT2D eigenvalue weighted by Crippen LogP contribution is -2.65. The molecule has 9 nitrogen and oxygen atoms in total. The maximum absolute atomic E-state index is 15.7. The summed E-state index contributed by atoms with van der Waals surface area (Å²) in [5.74, 6) is -4.26. The second kappa shape index (κ2) is 63.3. The van der Waals surface area contributed by atoms with Gasteiger partial charge in [-0.15, -0.1) is 0 Å². The van der Waals surface area contributed by atoms with Crippen molar-refractivity contribution >= 4 is 35.1 Å². The molecular formula is C80H154O9S. The number of hydrogen-bond donors (Lipinski definition) is 0. The Morgan fingerprint density at radius 1 is 0.244 bits per heavy atom. The minimum absolute atomic E-state index is 0.561. The molecule has 0 fully saturated rings. The molecule has 0 saturated heterocycles. The van der Waals surface area contributed by atoms with E-state index in [2.05, 4.69) is 27.7 Å². The summed E-state index contributed by atoms with van der Waals surface area (Å²) < 4.78 is 34.9. The molecule has 0 aliphatic carbocycles. The third-order valence-electron chi connectivity index (χ3n) is 19.4. The first-order chi connectivity index (χ1) is 43.7. The Bertz CT molecular complexity index is 1390. The summed E-state index contributed by atoms with van der Waals surface area (Å²) in [6.45, 7) is 18.7. The Kier molecular flexibility index (Phi) is 62.0. The number of ether oxygens (including phenoxy) is 4. The molecule has 4 atom stereocenters. The maximum atomic E-state index is 15.7. The van der Waals surface area contributed by atoms with Crippen LogP contribution in [0.4, 0.5) is 0 Å². The van der Waals surface area contributed by atoms with Crippen LogP contribution in [0.5, 0.6) is 0 Å². The summed E-state index contributed by atoms with van der Waals surface area (Å²) in [5, 5.41) is 0. The van der Waals surface area contributed by atoms with Crippen molar-refractivity contribution in [3.8, 4) is 0 Å². The number of carbonyl (C=O) groups is 4. The van der Waals surface area contributed by atoms with Crippen LogP contribution in [0.25, 0.3) is 0 Å². The smallest absolute Gasteiger partial charge is 0.374 e. The Hall–Kier alpha value is -1.81. The van der Waals surface area contributed by atoms with Gasteiger partial charge in [0.05, 0.1) is 24.4 Å². The van der Waals surface area contributed by atoms with Gasteiger partial charge in [-0.2, -0.15) is 0 Å². The van der Waals surface area contributed by atoms with Crippen LogP contribution in [-0.2, 0) is 49.3 Å². The number of esters is 4. The predicted molar refractivity (Wildman–Crippen MR) is 387 cm³/mol. The maximum Gasteiger partial charge on any atom is 0.374 e. The first-order valence-electron chi connectivity index (χ1n) is 39.9. The van der Waals surface area contributed by atoms with E-state index in [9.17, 15) is 19.2 Å². The minimum atomic E-state index is -2.88. The van der Waals surface area contributed by atoms with Gasteiger partial charge < -0.3 is 23.5 Å². The molecule has 90 heavy (non-hydrogen) atoms. The van der Waals surface area contributed by atoms with Crippen LogP contribution in [0.1, 0.15) is 454 Å². The second-order valence-electron chi connectivity index (χ2n) is 28.7. The SMILES string of the molecule is CCCCCCCCCCCCCCCCC(C)OC(=O)C(C)(C(=O)OC(C)CCCCCCCCCCCCCCCC)[S+]([O-])C(C)(C(=O)OC(C)CCCCCCCCCCCCCCCC)C(=O)OC(C)CCCCCCCCCCCCCCCC. The van der Waals surface area contributed by atoms with E-state index in [-0.39, 0.29) is 0 Å². The molecule has 0 aliphatic heterocycles. The van der Waals surface area contributed by atoms with Gasteiger partial charge in [-0.3, -0.25) is 0 Å². The van der Waals surface area contributed by atoms with Crippen LogP contribution in [-0.4, -0.2) is 62.3 Å². The summed E-state index contributed by atoms with van der Waals surface area (Å²) in [6, 6.07) is 0. The lowest BCUT2D eigenvalue weighted by molar-refractivity contribution is -0.164. The predicted octanol–water partition coefficient (Wildman–Crippen LogP) is 25.5. The molecule has 4 unspecified atom stereocenters. The highest BCUT2D eigenvalue weighted by Crippen LogP contribution is 2.37. The van der Waals surface area contributed by atoms with Crippen molar-refractivity contribution in [3.05, 3.63) is 0 Å². The van der Waals surface area contributed by atoms with Crippen molar-refractivity contribution < 1.29 is 42.7 Å². The highest BCUT2D eigenvalue weighted by Gasteiger charge is 2.69. The molecule has 0 saturated carbocycles. The molecule has 0 rings (SSSR count). The lowest BCUT2D eigenvalue weighted by Gasteiger charge is -2.37. The van der Waals surface area contributed by atoms with Crippen molar-refractivity contribution in [2.45, 2.75) is 488 Å². The zero-order valence-corrected chi connectivity index (χ0v) is 62.6.